The highest BCUT2D eigenvalue weighted by Gasteiger charge is 2.24. The van der Waals surface area contributed by atoms with Crippen molar-refractivity contribution in [2.24, 2.45) is 10.9 Å². The molecule has 2 N–H and O–H groups in total. The summed E-state index contributed by atoms with van der Waals surface area (Å²) in [7, 11) is 0. The number of aliphatic hydroxyl groups is 1. The Labute approximate surface area is 145 Å². The maximum atomic E-state index is 12.1. The van der Waals surface area contributed by atoms with Crippen LogP contribution in [0.1, 0.15) is 25.5 Å². The predicted molar refractivity (Wildman–Crippen MR) is 95.0 cm³/mol. The number of rotatable bonds is 3. The van der Waals surface area contributed by atoms with Crippen molar-refractivity contribution in [2.45, 2.75) is 26.7 Å². The van der Waals surface area contributed by atoms with Gasteiger partial charge in [0.2, 0.25) is 0 Å². The number of H-pyrrole nitrogens is 1. The van der Waals surface area contributed by atoms with Gasteiger partial charge in [-0.25, -0.2) is 4.99 Å². The molecule has 5 nitrogen and oxygen atoms in total. The molecule has 1 aliphatic carbocycles. The van der Waals surface area contributed by atoms with E-state index in [2.05, 4.69) is 15.2 Å². The summed E-state index contributed by atoms with van der Waals surface area (Å²) in [5.41, 5.74) is 2.92. The Morgan fingerprint density at radius 1 is 1.33 bits per heavy atom. The molecule has 1 heterocycles. The van der Waals surface area contributed by atoms with E-state index in [4.69, 9.17) is 11.6 Å². The van der Waals surface area contributed by atoms with E-state index < -0.39 is 0 Å². The zero-order chi connectivity index (χ0) is 17.3. The third-order valence-electron chi connectivity index (χ3n) is 4.06. The summed E-state index contributed by atoms with van der Waals surface area (Å²) in [6, 6.07) is 7.39. The Kier molecular flexibility index (Phi) is 4.53. The molecule has 2 aromatic rings. The molecule has 0 fully saturated rings. The first-order valence-electron chi connectivity index (χ1n) is 7.76. The summed E-state index contributed by atoms with van der Waals surface area (Å²) >= 11 is 5.93. The average Bonchev–Trinajstić information content (AvgIpc) is 2.88. The van der Waals surface area contributed by atoms with Crippen LogP contribution in [-0.2, 0) is 4.79 Å². The number of nitrogens with one attached hydrogen (secondary N) is 1. The van der Waals surface area contributed by atoms with Gasteiger partial charge in [-0.2, -0.15) is 5.10 Å². The van der Waals surface area contributed by atoms with Crippen LogP contribution in [0.5, 0.6) is 0 Å². The number of aliphatic imine (C=N–C) groups is 1. The minimum Gasteiger partial charge on any atom is -0.511 e. The zero-order valence-corrected chi connectivity index (χ0v) is 14.3. The first-order chi connectivity index (χ1) is 11.5. The Morgan fingerprint density at radius 3 is 2.71 bits per heavy atom. The van der Waals surface area contributed by atoms with Crippen LogP contribution in [-0.4, -0.2) is 27.3 Å². The molecule has 0 saturated carbocycles. The first kappa shape index (κ1) is 16.5. The maximum Gasteiger partial charge on any atom is 0.181 e. The van der Waals surface area contributed by atoms with Crippen LogP contribution in [0, 0.1) is 12.8 Å². The number of Topliss-reactive ketones (excluding diaryl/α,β-unsaturated/α-hetero) is 1. The number of aromatic amines is 1. The molecule has 1 atom stereocenters. The van der Waals surface area contributed by atoms with Crippen molar-refractivity contribution >= 4 is 29.4 Å². The normalized spacial score (nSPS) is 18.6. The number of halogens is 1. The van der Waals surface area contributed by atoms with E-state index in [1.807, 2.05) is 26.0 Å². The molecule has 0 amide bonds. The second-order valence-corrected chi connectivity index (χ2v) is 6.55. The summed E-state index contributed by atoms with van der Waals surface area (Å²) in [6.45, 7) is 3.85. The second-order valence-electron chi connectivity index (χ2n) is 6.11. The van der Waals surface area contributed by atoms with Crippen molar-refractivity contribution in [1.82, 2.24) is 10.2 Å². The number of ketones is 1. The molecule has 0 radical (unpaired) electrons. The number of hydrogen-bond donors (Lipinski definition) is 2. The molecule has 0 bridgehead atoms. The number of aromatic nitrogens is 2. The molecule has 0 spiro atoms. The highest BCUT2D eigenvalue weighted by molar-refractivity contribution is 6.30. The highest BCUT2D eigenvalue weighted by atomic mass is 35.5. The predicted octanol–water partition coefficient (Wildman–Crippen LogP) is 4.55. The van der Waals surface area contributed by atoms with Crippen LogP contribution in [0.15, 0.2) is 40.6 Å². The molecule has 6 heteroatoms. The van der Waals surface area contributed by atoms with Crippen LogP contribution in [0.25, 0.3) is 11.1 Å². The van der Waals surface area contributed by atoms with Crippen LogP contribution in [0.3, 0.4) is 0 Å². The fraction of sp³-hybridized carbons (Fsp3) is 0.278. The monoisotopic (exact) mass is 343 g/mol. The molecule has 3 rings (SSSR count). The van der Waals surface area contributed by atoms with Gasteiger partial charge < -0.3 is 5.11 Å². The van der Waals surface area contributed by atoms with Crippen LogP contribution >= 0.6 is 11.6 Å². The van der Waals surface area contributed by atoms with Gasteiger partial charge in [0, 0.05) is 35.3 Å². The Bertz CT molecular complexity index is 834. The van der Waals surface area contributed by atoms with Crippen LogP contribution < -0.4 is 0 Å². The van der Waals surface area contributed by atoms with E-state index >= 15 is 0 Å². The lowest BCUT2D eigenvalue weighted by molar-refractivity contribution is -0.116. The van der Waals surface area contributed by atoms with Gasteiger partial charge in [-0.15, -0.1) is 0 Å². The number of benzene rings is 1. The Balaban J connectivity index is 1.96. The summed E-state index contributed by atoms with van der Waals surface area (Å²) in [4.78, 5) is 16.4. The smallest absolute Gasteiger partial charge is 0.181 e. The SMILES string of the molecule is Cc1[nH]nc(N=CC2=C(O)CC(C)CC2=O)c1-c1ccc(Cl)cc1. The lowest BCUT2D eigenvalue weighted by Crippen LogP contribution is -2.18. The van der Waals surface area contributed by atoms with Crippen molar-refractivity contribution in [3.05, 3.63) is 46.3 Å². The molecule has 1 aliphatic rings. The standard InChI is InChI=1S/C18H18ClN3O2/c1-10-7-15(23)14(16(24)8-10)9-20-18-17(11(2)21-22-18)12-3-5-13(19)6-4-12/h3-6,9-10,23H,7-8H2,1-2H3,(H,21,22). The van der Waals surface area contributed by atoms with Crippen LogP contribution in [0.2, 0.25) is 5.02 Å². The highest BCUT2D eigenvalue weighted by Crippen LogP contribution is 2.32. The minimum atomic E-state index is -0.0877. The van der Waals surface area contributed by atoms with E-state index in [0.717, 1.165) is 16.8 Å². The molecular formula is C18H18ClN3O2. The fourth-order valence-electron chi connectivity index (χ4n) is 2.84. The van der Waals surface area contributed by atoms with Gasteiger partial charge in [0.15, 0.2) is 11.6 Å². The number of allylic oxidation sites excluding steroid dienone is 2. The van der Waals surface area contributed by atoms with E-state index in [0.29, 0.717) is 23.7 Å². The summed E-state index contributed by atoms with van der Waals surface area (Å²) in [6.07, 6.45) is 2.34. The third-order valence-corrected chi connectivity index (χ3v) is 4.32. The van der Waals surface area contributed by atoms with Gasteiger partial charge in [-0.3, -0.25) is 9.89 Å². The van der Waals surface area contributed by atoms with Crippen molar-refractivity contribution in [2.75, 3.05) is 0 Å². The van der Waals surface area contributed by atoms with Gasteiger partial charge >= 0.3 is 0 Å². The summed E-state index contributed by atoms with van der Waals surface area (Å²) in [5.74, 6) is 0.645. The van der Waals surface area contributed by atoms with E-state index in [-0.39, 0.29) is 23.0 Å². The lowest BCUT2D eigenvalue weighted by Gasteiger charge is -2.17. The topological polar surface area (TPSA) is 78.3 Å². The number of aliphatic hydroxyl groups excluding tert-OH is 1. The van der Waals surface area contributed by atoms with Gasteiger partial charge in [0.1, 0.15) is 5.76 Å². The molecule has 0 saturated heterocycles. The summed E-state index contributed by atoms with van der Waals surface area (Å²) < 4.78 is 0. The lowest BCUT2D eigenvalue weighted by atomic mass is 9.89. The van der Waals surface area contributed by atoms with E-state index in [9.17, 15) is 9.90 Å². The average molecular weight is 344 g/mol. The van der Waals surface area contributed by atoms with E-state index in [1.54, 1.807) is 12.1 Å². The minimum absolute atomic E-state index is 0.0877. The molecular weight excluding hydrogens is 326 g/mol. The van der Waals surface area contributed by atoms with Gasteiger partial charge in [0.05, 0.1) is 5.57 Å². The Morgan fingerprint density at radius 2 is 2.04 bits per heavy atom. The van der Waals surface area contributed by atoms with Crippen molar-refractivity contribution in [1.29, 1.82) is 0 Å². The summed E-state index contributed by atoms with van der Waals surface area (Å²) in [5, 5.41) is 17.8. The fourth-order valence-corrected chi connectivity index (χ4v) is 2.97. The quantitative estimate of drug-likeness (QED) is 0.802. The van der Waals surface area contributed by atoms with Crippen molar-refractivity contribution in [3.8, 4) is 11.1 Å². The number of nitrogens with zero attached hydrogens (tertiary/aromatic N) is 2. The van der Waals surface area contributed by atoms with Crippen LogP contribution in [0.4, 0.5) is 5.82 Å². The Hall–Kier alpha value is -2.40. The molecule has 1 aromatic carbocycles. The number of carbonyl (C=O) groups excluding carboxylic acids is 1. The molecule has 1 aromatic heterocycles. The molecule has 24 heavy (non-hydrogen) atoms. The molecule has 0 aliphatic heterocycles. The zero-order valence-electron chi connectivity index (χ0n) is 13.5. The molecule has 1 unspecified atom stereocenters. The number of aryl methyl sites for hydroxylation is 1. The van der Waals surface area contributed by atoms with Gasteiger partial charge in [-0.1, -0.05) is 30.7 Å². The van der Waals surface area contributed by atoms with Crippen molar-refractivity contribution in [3.63, 3.8) is 0 Å². The second kappa shape index (κ2) is 6.61. The largest absolute Gasteiger partial charge is 0.511 e. The van der Waals surface area contributed by atoms with E-state index in [1.165, 1.54) is 6.21 Å². The first-order valence-corrected chi connectivity index (χ1v) is 8.13. The number of hydrogen-bond acceptors (Lipinski definition) is 4. The molecule has 124 valence electrons. The number of carbonyl (C=O) groups is 1. The van der Waals surface area contributed by atoms with Crippen molar-refractivity contribution < 1.29 is 9.90 Å². The van der Waals surface area contributed by atoms with Gasteiger partial charge in [0.25, 0.3) is 0 Å². The van der Waals surface area contributed by atoms with Gasteiger partial charge in [-0.05, 0) is 30.5 Å². The third kappa shape index (κ3) is 3.26. The maximum absolute atomic E-state index is 12.1.